The van der Waals surface area contributed by atoms with E-state index >= 15 is 0 Å². The van der Waals surface area contributed by atoms with E-state index in [1.54, 1.807) is 11.3 Å². The van der Waals surface area contributed by atoms with Gasteiger partial charge in [0.2, 0.25) is 0 Å². The van der Waals surface area contributed by atoms with Crippen LogP contribution in [-0.2, 0) is 0 Å². The molecular weight excluding hydrogens is 308 g/mol. The third-order valence-electron chi connectivity index (χ3n) is 3.97. The summed E-state index contributed by atoms with van der Waals surface area (Å²) in [5.74, 6) is 1.54. The Hall–Kier alpha value is -2.27. The highest BCUT2D eigenvalue weighted by Gasteiger charge is 2.22. The maximum absolute atomic E-state index is 12.8. The first-order valence-corrected chi connectivity index (χ1v) is 8.39. The molecule has 4 nitrogen and oxygen atoms in total. The van der Waals surface area contributed by atoms with Crippen molar-refractivity contribution in [3.63, 3.8) is 0 Å². The van der Waals surface area contributed by atoms with Gasteiger partial charge in [0.25, 0.3) is 5.91 Å². The lowest BCUT2D eigenvalue weighted by Crippen LogP contribution is -2.27. The summed E-state index contributed by atoms with van der Waals surface area (Å²) >= 11 is 1.63. The van der Waals surface area contributed by atoms with Gasteiger partial charge < -0.3 is 14.3 Å². The molecule has 0 aromatic carbocycles. The molecule has 1 N–H and O–H groups in total. The van der Waals surface area contributed by atoms with Crippen molar-refractivity contribution in [2.45, 2.75) is 33.7 Å². The van der Waals surface area contributed by atoms with Crippen LogP contribution in [0.5, 0.6) is 0 Å². The van der Waals surface area contributed by atoms with Gasteiger partial charge in [-0.25, -0.2) is 0 Å². The highest BCUT2D eigenvalue weighted by Crippen LogP contribution is 2.31. The van der Waals surface area contributed by atoms with Crippen LogP contribution < -0.4 is 5.32 Å². The van der Waals surface area contributed by atoms with Crippen LogP contribution in [0.25, 0.3) is 5.00 Å². The number of amides is 1. The quantitative estimate of drug-likeness (QED) is 0.764. The van der Waals surface area contributed by atoms with E-state index in [1.807, 2.05) is 68.9 Å². The van der Waals surface area contributed by atoms with Crippen LogP contribution in [0.3, 0.4) is 0 Å². The maximum atomic E-state index is 12.8. The smallest absolute Gasteiger partial charge is 0.255 e. The Morgan fingerprint density at radius 1 is 1.22 bits per heavy atom. The molecule has 3 heterocycles. The number of aromatic nitrogens is 1. The van der Waals surface area contributed by atoms with E-state index in [9.17, 15) is 4.79 Å². The number of furan rings is 1. The number of aryl methyl sites for hydroxylation is 2. The molecule has 3 rings (SSSR count). The molecular formula is C18H20N2O2S. The number of thiophene rings is 1. The number of hydrogen-bond donors (Lipinski definition) is 1. The van der Waals surface area contributed by atoms with Crippen molar-refractivity contribution >= 4 is 17.2 Å². The van der Waals surface area contributed by atoms with Gasteiger partial charge in [0.15, 0.2) is 0 Å². The molecule has 120 valence electrons. The lowest BCUT2D eigenvalue weighted by molar-refractivity contribution is 0.0935. The molecule has 1 amide bonds. The fraction of sp³-hybridized carbons (Fsp3) is 0.278. The van der Waals surface area contributed by atoms with E-state index < -0.39 is 0 Å². The highest BCUT2D eigenvalue weighted by molar-refractivity contribution is 7.15. The number of nitrogens with zero attached hydrogens (tertiary/aromatic N) is 1. The Morgan fingerprint density at radius 2 is 1.91 bits per heavy atom. The molecule has 3 aromatic rings. The Balaban J connectivity index is 1.90. The molecule has 0 fully saturated rings. The number of nitrogens with one attached hydrogen (secondary N) is 1. The van der Waals surface area contributed by atoms with E-state index in [0.29, 0.717) is 0 Å². The molecule has 1 atom stereocenters. The monoisotopic (exact) mass is 328 g/mol. The first kappa shape index (κ1) is 15.6. The van der Waals surface area contributed by atoms with Crippen molar-refractivity contribution in [2.24, 2.45) is 0 Å². The average molecular weight is 328 g/mol. The molecule has 0 aliphatic rings. The zero-order valence-electron chi connectivity index (χ0n) is 13.7. The van der Waals surface area contributed by atoms with Crippen LogP contribution >= 0.6 is 11.3 Å². The second-order valence-electron chi connectivity index (χ2n) is 5.70. The minimum absolute atomic E-state index is 0.0721. The zero-order chi connectivity index (χ0) is 16.6. The predicted octanol–water partition coefficient (Wildman–Crippen LogP) is 4.55. The third kappa shape index (κ3) is 2.97. The SMILES string of the molecule is Cc1ccc(C(C)NC(=O)c2c(-n3cccc3)sc(C)c2C)o1. The second kappa shape index (κ2) is 6.08. The Bertz CT molecular complexity index is 827. The van der Waals surface area contributed by atoms with Crippen molar-refractivity contribution < 1.29 is 9.21 Å². The van der Waals surface area contributed by atoms with E-state index in [4.69, 9.17) is 4.42 Å². The number of rotatable bonds is 4. The van der Waals surface area contributed by atoms with Crippen molar-refractivity contribution in [1.82, 2.24) is 9.88 Å². The fourth-order valence-electron chi connectivity index (χ4n) is 2.55. The van der Waals surface area contributed by atoms with Crippen LogP contribution in [0.2, 0.25) is 0 Å². The first-order valence-electron chi connectivity index (χ1n) is 7.58. The number of carbonyl (C=O) groups is 1. The topological polar surface area (TPSA) is 47.2 Å². The van der Waals surface area contributed by atoms with Gasteiger partial charge in [-0.3, -0.25) is 4.79 Å². The molecule has 0 aliphatic carbocycles. The largest absolute Gasteiger partial charge is 0.464 e. The molecule has 0 radical (unpaired) electrons. The summed E-state index contributed by atoms with van der Waals surface area (Å²) in [6.45, 7) is 7.87. The Kier molecular flexibility index (Phi) is 4.13. The van der Waals surface area contributed by atoms with Crippen molar-refractivity contribution in [2.75, 3.05) is 0 Å². The maximum Gasteiger partial charge on any atom is 0.255 e. The van der Waals surface area contributed by atoms with Gasteiger partial charge in [-0.1, -0.05) is 0 Å². The summed E-state index contributed by atoms with van der Waals surface area (Å²) in [7, 11) is 0. The molecule has 1 unspecified atom stereocenters. The molecule has 0 saturated heterocycles. The summed E-state index contributed by atoms with van der Waals surface area (Å²) < 4.78 is 7.59. The van der Waals surface area contributed by atoms with Gasteiger partial charge in [0.05, 0.1) is 11.6 Å². The van der Waals surface area contributed by atoms with Crippen LogP contribution in [0.4, 0.5) is 0 Å². The minimum atomic E-state index is -0.173. The van der Waals surface area contributed by atoms with Crippen molar-refractivity contribution in [3.05, 3.63) is 64.2 Å². The lowest BCUT2D eigenvalue weighted by Gasteiger charge is -2.13. The molecule has 23 heavy (non-hydrogen) atoms. The van der Waals surface area contributed by atoms with Gasteiger partial charge in [-0.05, 0) is 57.5 Å². The van der Waals surface area contributed by atoms with E-state index in [1.165, 1.54) is 0 Å². The summed E-state index contributed by atoms with van der Waals surface area (Å²) in [4.78, 5) is 14.0. The highest BCUT2D eigenvalue weighted by atomic mass is 32.1. The molecule has 0 saturated carbocycles. The van der Waals surface area contributed by atoms with Gasteiger partial charge in [0.1, 0.15) is 16.5 Å². The first-order chi connectivity index (χ1) is 11.0. The van der Waals surface area contributed by atoms with E-state index in [2.05, 4.69) is 5.32 Å². The van der Waals surface area contributed by atoms with Gasteiger partial charge in [-0.15, -0.1) is 11.3 Å². The van der Waals surface area contributed by atoms with Crippen molar-refractivity contribution in [1.29, 1.82) is 0 Å². The molecule has 0 aliphatic heterocycles. The van der Waals surface area contributed by atoms with Crippen LogP contribution in [0, 0.1) is 20.8 Å². The van der Waals surface area contributed by atoms with Gasteiger partial charge >= 0.3 is 0 Å². The third-order valence-corrected chi connectivity index (χ3v) is 5.19. The molecule has 0 bridgehead atoms. The average Bonchev–Trinajstić information content (AvgIpc) is 3.21. The van der Waals surface area contributed by atoms with Crippen LogP contribution in [-0.4, -0.2) is 10.5 Å². The summed E-state index contributed by atoms with van der Waals surface area (Å²) in [6, 6.07) is 7.55. The van der Waals surface area contributed by atoms with E-state index in [0.717, 1.165) is 32.5 Å². The summed E-state index contributed by atoms with van der Waals surface area (Å²) in [5, 5.41) is 3.99. The second-order valence-corrected chi connectivity index (χ2v) is 6.90. The lowest BCUT2D eigenvalue weighted by atomic mass is 10.1. The molecule has 3 aromatic heterocycles. The molecule has 0 spiro atoms. The minimum Gasteiger partial charge on any atom is -0.464 e. The van der Waals surface area contributed by atoms with Crippen molar-refractivity contribution in [3.8, 4) is 5.00 Å². The normalized spacial score (nSPS) is 12.3. The predicted molar refractivity (Wildman–Crippen MR) is 92.4 cm³/mol. The Labute approximate surface area is 139 Å². The number of carbonyl (C=O) groups excluding carboxylic acids is 1. The zero-order valence-corrected chi connectivity index (χ0v) is 14.5. The molecule has 5 heteroatoms. The van der Waals surface area contributed by atoms with Crippen LogP contribution in [0.1, 0.15) is 45.3 Å². The summed E-state index contributed by atoms with van der Waals surface area (Å²) in [5.41, 5.74) is 1.76. The van der Waals surface area contributed by atoms with E-state index in [-0.39, 0.29) is 11.9 Å². The van der Waals surface area contributed by atoms with Gasteiger partial charge in [0, 0.05) is 17.3 Å². The van der Waals surface area contributed by atoms with Crippen LogP contribution in [0.15, 0.2) is 41.1 Å². The van der Waals surface area contributed by atoms with Gasteiger partial charge in [-0.2, -0.15) is 0 Å². The Morgan fingerprint density at radius 3 is 2.52 bits per heavy atom. The standard InChI is InChI=1S/C18H20N2O2S/c1-11-7-8-15(22-11)13(3)19-17(21)16-12(2)14(4)23-18(16)20-9-5-6-10-20/h5-10,13H,1-4H3,(H,19,21). The fourth-order valence-corrected chi connectivity index (χ4v) is 3.67. The number of hydrogen-bond acceptors (Lipinski definition) is 3. The summed E-state index contributed by atoms with van der Waals surface area (Å²) in [6.07, 6.45) is 3.92.